The van der Waals surface area contributed by atoms with Gasteiger partial charge in [0, 0.05) is 38.6 Å². The van der Waals surface area contributed by atoms with Gasteiger partial charge in [-0.1, -0.05) is 135 Å². The molecular weight excluding hydrogens is 968 g/mol. The minimum atomic E-state index is 0. The number of nitrogens with two attached hydrogens (primary N) is 2. The number of carbonyl (C=O) groups excluding carboxylic acids is 6. The molecule has 1 aliphatic rings. The van der Waals surface area contributed by atoms with Gasteiger partial charge in [0.2, 0.25) is 6.41 Å². The zero-order valence-electron chi connectivity index (χ0n) is 40.6. The molecule has 0 aromatic heterocycles. The van der Waals surface area contributed by atoms with Gasteiger partial charge in [-0.05, 0) is 71.5 Å². The Hall–Kier alpha value is -3.54. The third-order valence-electron chi connectivity index (χ3n) is 6.25. The molecule has 1 rings (SSSR count). The zero-order chi connectivity index (χ0) is 46.7. The normalized spacial score (nSPS) is 10.6. The summed E-state index contributed by atoms with van der Waals surface area (Å²) in [5.74, 6) is 2.76. The van der Waals surface area contributed by atoms with E-state index in [9.17, 15) is 19.2 Å². The van der Waals surface area contributed by atoms with E-state index in [1.54, 1.807) is 7.11 Å². The van der Waals surface area contributed by atoms with Crippen molar-refractivity contribution in [3.8, 4) is 0 Å². The van der Waals surface area contributed by atoms with Crippen LogP contribution in [0.2, 0.25) is 0 Å². The molecular formula is C44H100FmN5O7-. The van der Waals surface area contributed by atoms with E-state index in [0.717, 1.165) is 36.7 Å². The molecule has 7 N–H and O–H groups in total. The van der Waals surface area contributed by atoms with E-state index < -0.39 is 0 Å². The monoisotopic (exact) mass is 1070 g/mol. The molecule has 12 nitrogen and oxygen atoms in total. The van der Waals surface area contributed by atoms with Crippen LogP contribution in [0.1, 0.15) is 174 Å². The van der Waals surface area contributed by atoms with Gasteiger partial charge in [0.1, 0.15) is 25.6 Å². The van der Waals surface area contributed by atoms with Crippen LogP contribution >= 0.6 is 0 Å². The summed E-state index contributed by atoms with van der Waals surface area (Å²) >= 11 is 0. The Morgan fingerprint density at radius 2 is 1.21 bits per heavy atom. The molecule has 0 bridgehead atoms. The van der Waals surface area contributed by atoms with Gasteiger partial charge < -0.3 is 56.1 Å². The van der Waals surface area contributed by atoms with Crippen molar-refractivity contribution in [2.45, 2.75) is 186 Å². The van der Waals surface area contributed by atoms with Crippen molar-refractivity contribution in [3.05, 3.63) is 0 Å². The summed E-state index contributed by atoms with van der Waals surface area (Å²) in [6.07, 6.45) is 19.2. The first-order valence-electron chi connectivity index (χ1n) is 20.9. The van der Waals surface area contributed by atoms with Gasteiger partial charge in [-0.25, -0.2) is 0 Å². The van der Waals surface area contributed by atoms with Crippen molar-refractivity contribution in [1.29, 1.82) is 0 Å². The molecule has 1 fully saturated rings. The fraction of sp³-hybridized carbons (Fsp3) is 0.864. The second kappa shape index (κ2) is 84.9. The summed E-state index contributed by atoms with van der Waals surface area (Å²) in [5.41, 5.74) is 10.3. The molecule has 356 valence electrons. The first kappa shape index (κ1) is 81.6. The minimum absolute atomic E-state index is 0. The summed E-state index contributed by atoms with van der Waals surface area (Å²) in [7, 11) is 7.05. The number of amides is 2. The van der Waals surface area contributed by atoms with E-state index in [4.69, 9.17) is 20.1 Å². The van der Waals surface area contributed by atoms with Crippen LogP contribution in [0.4, 0.5) is 0 Å². The number of nitrogens with one attached hydrogen (secondary N) is 3. The predicted octanol–water partition coefficient (Wildman–Crippen LogP) is 8.27. The average molecular weight is 1070 g/mol. The average Bonchev–Trinajstić information content (AvgIpc) is 3.97. The van der Waals surface area contributed by atoms with E-state index in [1.807, 2.05) is 60.8 Å². The summed E-state index contributed by atoms with van der Waals surface area (Å²) < 4.78 is 5.20. The first-order valence-corrected chi connectivity index (χ1v) is 20.9. The van der Waals surface area contributed by atoms with Crippen LogP contribution in [0.15, 0.2) is 0 Å². The van der Waals surface area contributed by atoms with E-state index in [1.165, 1.54) is 77.7 Å². The van der Waals surface area contributed by atoms with Crippen LogP contribution in [0.25, 0.3) is 0 Å². The second-order valence-corrected chi connectivity index (χ2v) is 13.8. The van der Waals surface area contributed by atoms with Crippen LogP contribution in [-0.2, 0) is 33.5 Å². The molecule has 1 atom stereocenters. The number of ether oxygens (including phenoxy) is 1. The van der Waals surface area contributed by atoms with Gasteiger partial charge in [-0.2, -0.15) is 6.41 Å². The molecule has 0 spiro atoms. The molecule has 0 saturated heterocycles. The van der Waals surface area contributed by atoms with Crippen molar-refractivity contribution in [1.82, 2.24) is 16.0 Å². The van der Waals surface area contributed by atoms with E-state index in [0.29, 0.717) is 37.3 Å². The minimum Gasteiger partial charge on any atom is -0.524 e. The molecule has 2 amide bonds. The van der Waals surface area contributed by atoms with Crippen molar-refractivity contribution in [2.75, 3.05) is 41.3 Å². The summed E-state index contributed by atoms with van der Waals surface area (Å²) in [6, 6.07) is 0.375. The van der Waals surface area contributed by atoms with Gasteiger partial charge in [-0.3, -0.25) is 4.79 Å². The van der Waals surface area contributed by atoms with Crippen LogP contribution in [-0.4, -0.2) is 91.5 Å². The maximum Gasteiger partial charge on any atom is 0.207 e. The summed E-state index contributed by atoms with van der Waals surface area (Å²) in [5, 5.41) is 7.11. The Labute approximate surface area is 349 Å². The van der Waals surface area contributed by atoms with Crippen LogP contribution in [0, 0.1) is 23.7 Å². The van der Waals surface area contributed by atoms with Gasteiger partial charge in [0.15, 0.2) is 0 Å². The molecule has 1 aliphatic carbocycles. The molecule has 0 heterocycles. The molecule has 57 heavy (non-hydrogen) atoms. The standard InChI is InChI=1S/C9H20.C6H15N.C6H12O.C6H14.C4H7NO2.C4H8O.C3H4NO2.C2H7N.C2H6.CH5N.CH2O.Fm/c1-4-5-6-7-8-9(2)3;1-5(2)4-6(3)7;1-3-6(7-2)4-5-6;1-4-5-6(2)3;6-3-1-2-5-4-7;1-4(2)3-5;5-2-1-4-3-6;1-3-2;3*1-2;/h9H,4-8H2,1-3H3;5-6H,4,7H2,1-3H3;3-5H2,1-2H3;6H,4-5H2,1-3H3;3-4H,1-2H2,(H,5,7);3-4H,1-2H3;2H,1H2,(H,4,6);3H,1-2H3;1-2H3;2H2,1H3;1H2;/q;;;;;;-1;;;;;. The van der Waals surface area contributed by atoms with E-state index >= 15 is 0 Å². The third kappa shape index (κ3) is 154. The molecule has 0 aromatic carbocycles. The molecule has 0 aromatic rings. The Bertz CT molecular complexity index is 643. The number of aldehydes is 3. The van der Waals surface area contributed by atoms with Crippen LogP contribution in [0.3, 0.4) is 0 Å². The quantitative estimate of drug-likeness (QED) is 0.0363. The third-order valence-corrected chi connectivity index (χ3v) is 6.25. The van der Waals surface area contributed by atoms with Crippen molar-refractivity contribution in [3.63, 3.8) is 0 Å². The van der Waals surface area contributed by atoms with Crippen molar-refractivity contribution >= 4 is 38.5 Å². The number of hydrogen-bond acceptors (Lipinski definition) is 10. The maximum atomic E-state index is 9.52. The SMILES string of the molecule is C=O.CC.CC(C)C=O.CC(C)CC(C)N.CCC1(OC)CC1.CCCC(C)C.CCCCCCC(C)C.CN.CNC.O=CCCNC=O.O=[C-]NCC=O.[Fm]. The smallest absolute Gasteiger partial charge is 0.207 e. The van der Waals surface area contributed by atoms with Crippen LogP contribution in [0.5, 0.6) is 0 Å². The van der Waals surface area contributed by atoms with E-state index in [2.05, 4.69) is 78.7 Å². The number of unbranched alkanes of at least 4 members (excludes halogenated alkanes) is 3. The van der Waals surface area contributed by atoms with Gasteiger partial charge >= 0.3 is 0 Å². The van der Waals surface area contributed by atoms with Gasteiger partial charge in [0.05, 0.1) is 5.60 Å². The number of rotatable bonds is 19. The fourth-order valence-electron chi connectivity index (χ4n) is 3.43. The number of hydrogen-bond donors (Lipinski definition) is 5. The predicted molar refractivity (Wildman–Crippen MR) is 245 cm³/mol. The number of carbonyl (C=O) groups is 5. The molecule has 13 heteroatoms. The second-order valence-electron chi connectivity index (χ2n) is 13.8. The zero-order valence-corrected chi connectivity index (χ0v) is 43.0. The maximum absolute atomic E-state index is 9.52. The topological polar surface area (TPSA) is 200 Å². The fourth-order valence-corrected chi connectivity index (χ4v) is 3.43. The largest absolute Gasteiger partial charge is 0.524 e. The van der Waals surface area contributed by atoms with Gasteiger partial charge in [0.25, 0.3) is 0 Å². The van der Waals surface area contributed by atoms with Crippen molar-refractivity contribution < 1.29 is 33.5 Å². The Morgan fingerprint density at radius 1 is 0.772 bits per heavy atom. The Morgan fingerprint density at radius 3 is 1.35 bits per heavy atom. The van der Waals surface area contributed by atoms with Gasteiger partial charge in [-0.15, -0.1) is 0 Å². The molecule has 1 saturated carbocycles. The molecule has 0 radical (unpaired) electrons. The van der Waals surface area contributed by atoms with E-state index in [-0.39, 0.29) is 12.5 Å². The summed E-state index contributed by atoms with van der Waals surface area (Å²) in [4.78, 5) is 55.0. The first-order chi connectivity index (χ1) is 26.5. The van der Waals surface area contributed by atoms with Crippen LogP contribution < -0.4 is 27.4 Å². The Kier molecular flexibility index (Phi) is 121. The molecule has 1 unspecified atom stereocenters. The molecule has 0 aliphatic heterocycles. The summed E-state index contributed by atoms with van der Waals surface area (Å²) in [6.45, 7) is 32.4. The number of methoxy groups -OCH3 is 1. The Balaban J connectivity index is -0.0000000466. The van der Waals surface area contributed by atoms with Crippen molar-refractivity contribution in [2.24, 2.45) is 35.1 Å².